The number of rotatable bonds is 5. The van der Waals surface area contributed by atoms with Crippen molar-refractivity contribution in [3.8, 4) is 0 Å². The monoisotopic (exact) mass is 259 g/mol. The molecule has 0 saturated carbocycles. The lowest BCUT2D eigenvalue weighted by atomic mass is 10.1. The second kappa shape index (κ2) is 6.20. The highest BCUT2D eigenvalue weighted by atomic mass is 16.5. The Balaban J connectivity index is 2.00. The van der Waals surface area contributed by atoms with Gasteiger partial charge in [-0.25, -0.2) is 4.79 Å². The number of furan rings is 1. The van der Waals surface area contributed by atoms with Gasteiger partial charge in [0.15, 0.2) is 0 Å². The summed E-state index contributed by atoms with van der Waals surface area (Å²) in [4.78, 5) is 11.5. The van der Waals surface area contributed by atoms with E-state index in [-0.39, 0.29) is 11.8 Å². The molecule has 2 rings (SSSR count). The van der Waals surface area contributed by atoms with Crippen molar-refractivity contribution in [1.82, 2.24) is 5.32 Å². The van der Waals surface area contributed by atoms with Crippen LogP contribution in [-0.4, -0.2) is 13.1 Å². The van der Waals surface area contributed by atoms with Crippen molar-refractivity contribution in [2.24, 2.45) is 0 Å². The van der Waals surface area contributed by atoms with Crippen LogP contribution in [0.15, 0.2) is 47.1 Å². The number of nitrogens with one attached hydrogen (secondary N) is 1. The van der Waals surface area contributed by atoms with Crippen LogP contribution >= 0.6 is 0 Å². The fourth-order valence-electron chi connectivity index (χ4n) is 1.87. The van der Waals surface area contributed by atoms with Crippen molar-refractivity contribution >= 4 is 5.97 Å². The molecule has 2 aromatic rings. The zero-order valence-corrected chi connectivity index (χ0v) is 11.1. The van der Waals surface area contributed by atoms with Crippen LogP contribution in [0.3, 0.4) is 0 Å². The smallest absolute Gasteiger partial charge is 0.374 e. The van der Waals surface area contributed by atoms with Crippen LogP contribution in [0, 0.1) is 0 Å². The molecule has 0 aliphatic carbocycles. The topological polar surface area (TPSA) is 51.5 Å². The quantitative estimate of drug-likeness (QED) is 0.839. The van der Waals surface area contributed by atoms with E-state index in [4.69, 9.17) is 4.42 Å². The Hall–Kier alpha value is -2.07. The number of ether oxygens (including phenoxy) is 1. The zero-order chi connectivity index (χ0) is 13.7. The largest absolute Gasteiger partial charge is 0.463 e. The molecule has 1 N–H and O–H groups in total. The van der Waals surface area contributed by atoms with Crippen LogP contribution in [0.5, 0.6) is 0 Å². The van der Waals surface area contributed by atoms with E-state index in [1.165, 1.54) is 18.9 Å². The lowest BCUT2D eigenvalue weighted by molar-refractivity contribution is 0.0563. The van der Waals surface area contributed by atoms with E-state index in [9.17, 15) is 4.79 Å². The number of carbonyl (C=O) groups is 1. The Morgan fingerprint density at radius 2 is 2.05 bits per heavy atom. The molecule has 0 aliphatic rings. The molecule has 100 valence electrons. The van der Waals surface area contributed by atoms with Gasteiger partial charge in [-0.2, -0.15) is 0 Å². The molecule has 1 aromatic heterocycles. The van der Waals surface area contributed by atoms with Gasteiger partial charge in [0.25, 0.3) is 0 Å². The molecule has 0 fully saturated rings. The summed E-state index contributed by atoms with van der Waals surface area (Å²) in [5.41, 5.74) is 2.00. The highest BCUT2D eigenvalue weighted by molar-refractivity contribution is 5.87. The van der Waals surface area contributed by atoms with Crippen LogP contribution in [0.1, 0.15) is 34.6 Å². The maximum atomic E-state index is 11.5. The van der Waals surface area contributed by atoms with E-state index in [1.54, 1.807) is 6.07 Å². The van der Waals surface area contributed by atoms with Gasteiger partial charge in [-0.3, -0.25) is 0 Å². The van der Waals surface area contributed by atoms with E-state index in [0.717, 1.165) is 5.56 Å². The first-order valence-electron chi connectivity index (χ1n) is 6.15. The average Bonchev–Trinajstić information content (AvgIpc) is 2.93. The second-order valence-corrected chi connectivity index (χ2v) is 4.28. The zero-order valence-electron chi connectivity index (χ0n) is 11.1. The van der Waals surface area contributed by atoms with Gasteiger partial charge in [-0.15, -0.1) is 0 Å². The van der Waals surface area contributed by atoms with Crippen molar-refractivity contribution in [3.05, 3.63) is 59.5 Å². The maximum absolute atomic E-state index is 11.5. The van der Waals surface area contributed by atoms with Gasteiger partial charge in [0.05, 0.1) is 13.4 Å². The normalized spacial score (nSPS) is 12.1. The standard InChI is InChI=1S/C15H17NO3/c1-11(12-6-4-3-5-7-12)16-10-13-8-9-19-14(13)15(17)18-2/h3-9,11,16H,10H2,1-2H3/t11-/m0/s1. The molecule has 0 spiro atoms. The lowest BCUT2D eigenvalue weighted by Crippen LogP contribution is -2.19. The third-order valence-corrected chi connectivity index (χ3v) is 3.02. The number of carbonyl (C=O) groups excluding carboxylic acids is 1. The summed E-state index contributed by atoms with van der Waals surface area (Å²) in [7, 11) is 1.34. The molecular weight excluding hydrogens is 242 g/mol. The Morgan fingerprint density at radius 1 is 1.32 bits per heavy atom. The van der Waals surface area contributed by atoms with Crippen molar-refractivity contribution in [2.75, 3.05) is 7.11 Å². The summed E-state index contributed by atoms with van der Waals surface area (Å²) in [5.74, 6) is -0.190. The van der Waals surface area contributed by atoms with Crippen LogP contribution in [0.4, 0.5) is 0 Å². The minimum Gasteiger partial charge on any atom is -0.463 e. The van der Waals surface area contributed by atoms with Crippen molar-refractivity contribution < 1.29 is 13.9 Å². The summed E-state index contributed by atoms with van der Waals surface area (Å²) < 4.78 is 9.81. The van der Waals surface area contributed by atoms with E-state index < -0.39 is 5.97 Å². The molecule has 0 bridgehead atoms. The summed E-state index contributed by atoms with van der Waals surface area (Å²) in [6.45, 7) is 2.63. The van der Waals surface area contributed by atoms with Gasteiger partial charge >= 0.3 is 5.97 Å². The van der Waals surface area contributed by atoms with Crippen molar-refractivity contribution in [1.29, 1.82) is 0 Å². The Labute approximate surface area is 112 Å². The molecule has 0 radical (unpaired) electrons. The first-order chi connectivity index (χ1) is 9.22. The van der Waals surface area contributed by atoms with Gasteiger partial charge in [0, 0.05) is 18.2 Å². The van der Waals surface area contributed by atoms with E-state index in [0.29, 0.717) is 6.54 Å². The minimum absolute atomic E-state index is 0.196. The first-order valence-corrected chi connectivity index (χ1v) is 6.15. The summed E-state index contributed by atoms with van der Waals surface area (Å²) in [5, 5.41) is 3.35. The highest BCUT2D eigenvalue weighted by Crippen LogP contribution is 2.15. The molecule has 4 heteroatoms. The van der Waals surface area contributed by atoms with Crippen molar-refractivity contribution in [3.63, 3.8) is 0 Å². The average molecular weight is 259 g/mol. The van der Waals surface area contributed by atoms with Gasteiger partial charge < -0.3 is 14.5 Å². The Bertz CT molecular complexity index is 533. The summed E-state index contributed by atoms with van der Waals surface area (Å²) in [6.07, 6.45) is 1.50. The fraction of sp³-hybridized carbons (Fsp3) is 0.267. The lowest BCUT2D eigenvalue weighted by Gasteiger charge is -2.13. The summed E-state index contributed by atoms with van der Waals surface area (Å²) in [6, 6.07) is 12.1. The molecule has 4 nitrogen and oxygen atoms in total. The van der Waals surface area contributed by atoms with Crippen LogP contribution in [-0.2, 0) is 11.3 Å². The van der Waals surface area contributed by atoms with E-state index >= 15 is 0 Å². The van der Waals surface area contributed by atoms with Gasteiger partial charge in [-0.1, -0.05) is 30.3 Å². The summed E-state index contributed by atoms with van der Waals surface area (Å²) >= 11 is 0. The molecule has 0 aliphatic heterocycles. The third kappa shape index (κ3) is 3.23. The minimum atomic E-state index is -0.450. The molecule has 0 amide bonds. The number of hydrogen-bond acceptors (Lipinski definition) is 4. The maximum Gasteiger partial charge on any atom is 0.374 e. The molecule has 0 saturated heterocycles. The second-order valence-electron chi connectivity index (χ2n) is 4.28. The Morgan fingerprint density at radius 3 is 2.74 bits per heavy atom. The van der Waals surface area contributed by atoms with Crippen LogP contribution in [0.25, 0.3) is 0 Å². The molecule has 1 atom stereocenters. The Kier molecular flexibility index (Phi) is 4.36. The van der Waals surface area contributed by atoms with E-state index in [2.05, 4.69) is 29.1 Å². The third-order valence-electron chi connectivity index (χ3n) is 3.02. The highest BCUT2D eigenvalue weighted by Gasteiger charge is 2.16. The SMILES string of the molecule is COC(=O)c1occc1CN[C@@H](C)c1ccccc1. The molecule has 0 unspecified atom stereocenters. The first kappa shape index (κ1) is 13.4. The number of esters is 1. The molecule has 1 aromatic carbocycles. The molecular formula is C15H17NO3. The van der Waals surface area contributed by atoms with E-state index in [1.807, 2.05) is 18.2 Å². The predicted molar refractivity (Wildman–Crippen MR) is 71.7 cm³/mol. The molecule has 1 heterocycles. The van der Waals surface area contributed by atoms with Gasteiger partial charge in [0.1, 0.15) is 0 Å². The van der Waals surface area contributed by atoms with Crippen molar-refractivity contribution in [2.45, 2.75) is 19.5 Å². The van der Waals surface area contributed by atoms with Gasteiger partial charge in [-0.05, 0) is 18.6 Å². The van der Waals surface area contributed by atoms with Crippen LogP contribution < -0.4 is 5.32 Å². The molecule has 19 heavy (non-hydrogen) atoms. The predicted octanol–water partition coefficient (Wildman–Crippen LogP) is 2.92. The van der Waals surface area contributed by atoms with Crippen LogP contribution in [0.2, 0.25) is 0 Å². The van der Waals surface area contributed by atoms with Gasteiger partial charge in [0.2, 0.25) is 5.76 Å². The number of hydrogen-bond donors (Lipinski definition) is 1. The number of benzene rings is 1. The number of methoxy groups -OCH3 is 1. The fourth-order valence-corrected chi connectivity index (χ4v) is 1.87.